The van der Waals surface area contributed by atoms with Crippen LogP contribution in [0.4, 0.5) is 0 Å². The Balaban J connectivity index is 0.00000196. The van der Waals surface area contributed by atoms with Crippen LogP contribution < -0.4 is 5.73 Å². The molecular weight excluding hydrogens is 314 g/mol. The largest absolute Gasteiger partial charge is 0.330 e. The molecular formula is C25H41N. The smallest absolute Gasteiger partial charge is 0.00426 e. The molecule has 0 aromatic rings. The highest BCUT2D eigenvalue weighted by atomic mass is 14.6. The lowest BCUT2D eigenvalue weighted by Crippen LogP contribution is -2.49. The summed E-state index contributed by atoms with van der Waals surface area (Å²) in [6.07, 6.45) is 19.4. The summed E-state index contributed by atoms with van der Waals surface area (Å²) < 4.78 is 0. The van der Waals surface area contributed by atoms with E-state index >= 15 is 0 Å². The van der Waals surface area contributed by atoms with Gasteiger partial charge in [-0.2, -0.15) is 0 Å². The van der Waals surface area contributed by atoms with E-state index in [1.54, 1.807) is 11.1 Å². The molecule has 0 aliphatic heterocycles. The third kappa shape index (κ3) is 2.95. The van der Waals surface area contributed by atoms with E-state index in [0.29, 0.717) is 16.7 Å². The minimum Gasteiger partial charge on any atom is -0.330 e. The maximum atomic E-state index is 5.63. The predicted molar refractivity (Wildman–Crippen MR) is 114 cm³/mol. The molecule has 3 saturated carbocycles. The van der Waals surface area contributed by atoms with Gasteiger partial charge in [0.2, 0.25) is 0 Å². The fourth-order valence-electron chi connectivity index (χ4n) is 7.18. The van der Waals surface area contributed by atoms with Crippen molar-refractivity contribution >= 4 is 0 Å². The van der Waals surface area contributed by atoms with Crippen LogP contribution in [0.5, 0.6) is 0 Å². The molecule has 0 spiro atoms. The van der Waals surface area contributed by atoms with Crippen molar-refractivity contribution in [3.05, 3.63) is 36.0 Å². The Hall–Kier alpha value is -0.820. The van der Waals surface area contributed by atoms with Gasteiger partial charge in [-0.15, -0.1) is 0 Å². The normalized spacial score (nSPS) is 44.7. The van der Waals surface area contributed by atoms with Crippen LogP contribution in [0, 0.1) is 34.5 Å². The van der Waals surface area contributed by atoms with E-state index in [2.05, 4.69) is 38.7 Å². The number of hydrogen-bond donors (Lipinski definition) is 1. The van der Waals surface area contributed by atoms with E-state index in [1.165, 1.54) is 51.4 Å². The number of hydrogen-bond acceptors (Lipinski definition) is 1. The first kappa shape index (κ1) is 19.9. The molecule has 0 saturated heterocycles. The van der Waals surface area contributed by atoms with Gasteiger partial charge in [-0.25, -0.2) is 0 Å². The zero-order valence-corrected chi connectivity index (χ0v) is 16.4. The van der Waals surface area contributed by atoms with Crippen molar-refractivity contribution in [2.45, 2.75) is 79.1 Å². The molecule has 0 bridgehead atoms. The van der Waals surface area contributed by atoms with Gasteiger partial charge >= 0.3 is 0 Å². The van der Waals surface area contributed by atoms with E-state index in [-0.39, 0.29) is 7.43 Å². The maximum Gasteiger partial charge on any atom is -0.00426 e. The van der Waals surface area contributed by atoms with Crippen molar-refractivity contribution in [2.75, 3.05) is 6.54 Å². The fraction of sp³-hybridized carbons (Fsp3) is 0.760. The summed E-state index contributed by atoms with van der Waals surface area (Å²) in [7, 11) is 0. The average Bonchev–Trinajstić information content (AvgIpc) is 2.90. The van der Waals surface area contributed by atoms with Crippen molar-refractivity contribution in [1.29, 1.82) is 0 Å². The van der Waals surface area contributed by atoms with E-state index in [1.807, 2.05) is 0 Å². The second-order valence-electron chi connectivity index (χ2n) is 9.83. The molecule has 0 aromatic heterocycles. The molecule has 0 radical (unpaired) electrons. The van der Waals surface area contributed by atoms with Crippen molar-refractivity contribution in [3.8, 4) is 0 Å². The Labute approximate surface area is 162 Å². The van der Waals surface area contributed by atoms with Crippen LogP contribution in [0.1, 0.15) is 79.1 Å². The highest BCUT2D eigenvalue weighted by Crippen LogP contribution is 2.66. The van der Waals surface area contributed by atoms with Crippen LogP contribution in [-0.4, -0.2) is 6.54 Å². The van der Waals surface area contributed by atoms with Crippen LogP contribution in [-0.2, 0) is 0 Å². The van der Waals surface area contributed by atoms with Gasteiger partial charge in [0, 0.05) is 0 Å². The molecule has 1 heteroatoms. The van der Waals surface area contributed by atoms with Crippen molar-refractivity contribution in [1.82, 2.24) is 0 Å². The van der Waals surface area contributed by atoms with Gasteiger partial charge in [0.25, 0.3) is 0 Å². The molecule has 0 aromatic carbocycles. The first-order valence-corrected chi connectivity index (χ1v) is 10.7. The van der Waals surface area contributed by atoms with Gasteiger partial charge in [-0.3, -0.25) is 0 Å². The lowest BCUT2D eigenvalue weighted by atomic mass is 9.47. The number of rotatable bonds is 3. The maximum absolute atomic E-state index is 5.63. The van der Waals surface area contributed by atoms with Gasteiger partial charge in [-0.1, -0.05) is 57.2 Å². The first-order valence-electron chi connectivity index (χ1n) is 10.7. The van der Waals surface area contributed by atoms with Crippen LogP contribution >= 0.6 is 0 Å². The topological polar surface area (TPSA) is 26.0 Å². The van der Waals surface area contributed by atoms with Crippen molar-refractivity contribution < 1.29 is 0 Å². The van der Waals surface area contributed by atoms with Gasteiger partial charge in [0.1, 0.15) is 0 Å². The molecule has 4 aliphatic rings. The van der Waals surface area contributed by atoms with Gasteiger partial charge < -0.3 is 5.73 Å². The minimum absolute atomic E-state index is 0. The second kappa shape index (κ2) is 7.30. The Kier molecular flexibility index (Phi) is 5.60. The lowest BCUT2D eigenvalue weighted by molar-refractivity contribution is -0.0267. The quantitative estimate of drug-likeness (QED) is 0.563. The Bertz CT molecular complexity index is 599. The summed E-state index contributed by atoms with van der Waals surface area (Å²) in [6.45, 7) is 10.4. The van der Waals surface area contributed by atoms with Gasteiger partial charge in [-0.05, 0) is 98.8 Å². The standard InChI is InChI=1S/C24H37N.CH4/c1-17-7-10-21-20-9-8-19-16-18(6-4-5-15-25)11-13-24(19,3)22(20)12-14-23(17,21)2;/h4,6,16,18,20-22H,1,5,7-15,25H2,2-3H3;1H4/b6-4+;/t18-,20?,21?,22?,23+,24-;/m0./s1. The SMILES string of the molecule is C.C=C1CCC2C3CCC4=C[C@@H](/C=C/CCN)CC[C@]4(C)C3CC[C@]12C. The molecule has 0 amide bonds. The third-order valence-corrected chi connectivity index (χ3v) is 8.82. The first-order chi connectivity index (χ1) is 12.0. The molecule has 4 aliphatic carbocycles. The van der Waals surface area contributed by atoms with E-state index in [9.17, 15) is 0 Å². The lowest BCUT2D eigenvalue weighted by Gasteiger charge is -2.58. The zero-order chi connectivity index (χ0) is 17.7. The van der Waals surface area contributed by atoms with E-state index in [4.69, 9.17) is 5.73 Å². The van der Waals surface area contributed by atoms with Gasteiger partial charge in [0.15, 0.2) is 0 Å². The average molecular weight is 356 g/mol. The molecule has 1 nitrogen and oxygen atoms in total. The molecule has 4 rings (SSSR count). The number of fused-ring (bicyclic) bond motifs is 5. The summed E-state index contributed by atoms with van der Waals surface area (Å²) in [6, 6.07) is 0. The van der Waals surface area contributed by atoms with Crippen molar-refractivity contribution in [3.63, 3.8) is 0 Å². The fourth-order valence-corrected chi connectivity index (χ4v) is 7.18. The predicted octanol–water partition coefficient (Wildman–Crippen LogP) is 6.66. The summed E-state index contributed by atoms with van der Waals surface area (Å²) >= 11 is 0. The van der Waals surface area contributed by atoms with E-state index in [0.717, 1.165) is 30.7 Å². The molecule has 3 unspecified atom stereocenters. The zero-order valence-electron chi connectivity index (χ0n) is 16.4. The monoisotopic (exact) mass is 355 g/mol. The molecule has 26 heavy (non-hydrogen) atoms. The number of nitrogens with two attached hydrogens (primary N) is 1. The van der Waals surface area contributed by atoms with E-state index < -0.39 is 0 Å². The summed E-state index contributed by atoms with van der Waals surface area (Å²) in [5, 5.41) is 0. The molecule has 146 valence electrons. The van der Waals surface area contributed by atoms with Crippen LogP contribution in [0.25, 0.3) is 0 Å². The Morgan fingerprint density at radius 2 is 1.81 bits per heavy atom. The summed E-state index contributed by atoms with van der Waals surface area (Å²) in [5.74, 6) is 3.44. The second-order valence-corrected chi connectivity index (χ2v) is 9.83. The Morgan fingerprint density at radius 1 is 1.08 bits per heavy atom. The number of allylic oxidation sites excluding steroid dienone is 4. The molecule has 3 fully saturated rings. The third-order valence-electron chi connectivity index (χ3n) is 8.82. The van der Waals surface area contributed by atoms with Gasteiger partial charge in [0.05, 0.1) is 0 Å². The Morgan fingerprint density at radius 3 is 2.58 bits per heavy atom. The molecule has 2 N–H and O–H groups in total. The summed E-state index contributed by atoms with van der Waals surface area (Å²) in [4.78, 5) is 0. The van der Waals surface area contributed by atoms with Crippen molar-refractivity contribution in [2.24, 2.45) is 40.2 Å². The van der Waals surface area contributed by atoms with Crippen LogP contribution in [0.3, 0.4) is 0 Å². The summed E-state index contributed by atoms with van der Waals surface area (Å²) in [5.41, 5.74) is 9.93. The highest BCUT2D eigenvalue weighted by molar-refractivity contribution is 5.28. The molecule has 0 heterocycles. The molecule has 6 atom stereocenters. The van der Waals surface area contributed by atoms with Crippen LogP contribution in [0.15, 0.2) is 36.0 Å². The minimum atomic E-state index is 0. The van der Waals surface area contributed by atoms with Crippen LogP contribution in [0.2, 0.25) is 0 Å². The highest BCUT2D eigenvalue weighted by Gasteiger charge is 2.56.